The number of nitrogens with one attached hydrogen (secondary N) is 2. The second kappa shape index (κ2) is 5.81. The molecule has 0 aliphatic rings. The number of carbonyl (C=O) groups excluding carboxylic acids is 1. The number of hydrogen-bond acceptors (Lipinski definition) is 2. The molecule has 1 aromatic carbocycles. The first kappa shape index (κ1) is 14.2. The molecule has 0 unspecified atom stereocenters. The highest BCUT2D eigenvalue weighted by molar-refractivity contribution is 6.05. The number of aromatic amines is 1. The summed E-state index contributed by atoms with van der Waals surface area (Å²) < 4.78 is 26.4. The molecule has 0 bridgehead atoms. The molecule has 0 aliphatic heterocycles. The van der Waals surface area contributed by atoms with Gasteiger partial charge in [0.25, 0.3) is 5.91 Å². The molecule has 0 atom stereocenters. The number of aryl methyl sites for hydroxylation is 2. The van der Waals surface area contributed by atoms with Gasteiger partial charge in [0.05, 0.1) is 22.6 Å². The molecule has 1 aromatic heterocycles. The average molecular weight is 279 g/mol. The van der Waals surface area contributed by atoms with Gasteiger partial charge in [0.1, 0.15) is 11.6 Å². The van der Waals surface area contributed by atoms with Crippen LogP contribution in [0.4, 0.5) is 14.5 Å². The smallest absolute Gasteiger partial charge is 0.258 e. The van der Waals surface area contributed by atoms with E-state index in [9.17, 15) is 13.6 Å². The number of carbonyl (C=O) groups is 1. The third-order valence-electron chi connectivity index (χ3n) is 3.02. The fourth-order valence-electron chi connectivity index (χ4n) is 1.93. The Morgan fingerprint density at radius 3 is 2.65 bits per heavy atom. The van der Waals surface area contributed by atoms with Crippen molar-refractivity contribution < 1.29 is 13.6 Å². The third-order valence-corrected chi connectivity index (χ3v) is 3.02. The summed E-state index contributed by atoms with van der Waals surface area (Å²) in [5.74, 6) is -2.22. The van der Waals surface area contributed by atoms with Crippen molar-refractivity contribution in [3.63, 3.8) is 0 Å². The summed E-state index contributed by atoms with van der Waals surface area (Å²) in [7, 11) is 0. The molecule has 0 aliphatic carbocycles. The normalized spacial score (nSPS) is 10.6. The Labute approximate surface area is 115 Å². The number of H-pyrrole nitrogens is 1. The highest BCUT2D eigenvalue weighted by atomic mass is 19.1. The first-order valence-electron chi connectivity index (χ1n) is 6.39. The van der Waals surface area contributed by atoms with Crippen LogP contribution < -0.4 is 5.32 Å². The van der Waals surface area contributed by atoms with E-state index >= 15 is 0 Å². The molecule has 2 N–H and O–H groups in total. The molecule has 0 saturated heterocycles. The number of anilines is 1. The van der Waals surface area contributed by atoms with Crippen LogP contribution in [0, 0.1) is 11.6 Å². The van der Waals surface area contributed by atoms with E-state index in [2.05, 4.69) is 15.5 Å². The molecule has 1 amide bonds. The zero-order valence-electron chi connectivity index (χ0n) is 11.3. The highest BCUT2D eigenvalue weighted by Gasteiger charge is 2.17. The Balaban J connectivity index is 2.30. The lowest BCUT2D eigenvalue weighted by molar-refractivity contribution is 0.102. The monoisotopic (exact) mass is 279 g/mol. The van der Waals surface area contributed by atoms with Crippen LogP contribution in [0.15, 0.2) is 18.2 Å². The van der Waals surface area contributed by atoms with Crippen molar-refractivity contribution in [1.29, 1.82) is 0 Å². The van der Waals surface area contributed by atoms with Crippen LogP contribution in [0.25, 0.3) is 0 Å². The van der Waals surface area contributed by atoms with E-state index in [1.54, 1.807) is 0 Å². The number of amides is 1. The van der Waals surface area contributed by atoms with E-state index in [4.69, 9.17) is 0 Å². The minimum atomic E-state index is -0.887. The molecule has 0 fully saturated rings. The van der Waals surface area contributed by atoms with Gasteiger partial charge in [-0.15, -0.1) is 0 Å². The van der Waals surface area contributed by atoms with Crippen molar-refractivity contribution >= 4 is 11.6 Å². The molecule has 0 spiro atoms. The number of rotatable bonds is 4. The van der Waals surface area contributed by atoms with Gasteiger partial charge in [-0.1, -0.05) is 13.8 Å². The first-order valence-corrected chi connectivity index (χ1v) is 6.39. The van der Waals surface area contributed by atoms with E-state index in [0.717, 1.165) is 17.8 Å². The number of hydrogen-bond donors (Lipinski definition) is 2. The minimum absolute atomic E-state index is 0.197. The zero-order chi connectivity index (χ0) is 14.7. The molecule has 4 nitrogen and oxygen atoms in total. The molecule has 1 heterocycles. The summed E-state index contributed by atoms with van der Waals surface area (Å²) in [4.78, 5) is 12.1. The van der Waals surface area contributed by atoms with E-state index in [0.29, 0.717) is 30.3 Å². The van der Waals surface area contributed by atoms with Crippen LogP contribution in [0.3, 0.4) is 0 Å². The molecule has 2 aromatic rings. The van der Waals surface area contributed by atoms with Crippen molar-refractivity contribution in [1.82, 2.24) is 10.2 Å². The Morgan fingerprint density at radius 1 is 1.30 bits per heavy atom. The molecule has 106 valence electrons. The fourth-order valence-corrected chi connectivity index (χ4v) is 1.93. The average Bonchev–Trinajstić information content (AvgIpc) is 2.80. The molecule has 6 heteroatoms. The van der Waals surface area contributed by atoms with E-state index in [1.165, 1.54) is 0 Å². The van der Waals surface area contributed by atoms with Gasteiger partial charge in [-0.05, 0) is 25.0 Å². The van der Waals surface area contributed by atoms with Gasteiger partial charge in [0.2, 0.25) is 0 Å². The maximum absolute atomic E-state index is 13.6. The summed E-state index contributed by atoms with van der Waals surface area (Å²) in [6, 6.07) is 2.86. The van der Waals surface area contributed by atoms with Gasteiger partial charge in [-0.25, -0.2) is 8.78 Å². The van der Waals surface area contributed by atoms with Gasteiger partial charge in [0.15, 0.2) is 0 Å². The van der Waals surface area contributed by atoms with Crippen LogP contribution in [0.5, 0.6) is 0 Å². The fraction of sp³-hybridized carbons (Fsp3) is 0.286. The van der Waals surface area contributed by atoms with Crippen LogP contribution in [-0.4, -0.2) is 16.1 Å². The van der Waals surface area contributed by atoms with Gasteiger partial charge < -0.3 is 5.32 Å². The third kappa shape index (κ3) is 2.68. The van der Waals surface area contributed by atoms with Crippen molar-refractivity contribution in [3.05, 3.63) is 46.8 Å². The topological polar surface area (TPSA) is 57.8 Å². The van der Waals surface area contributed by atoms with E-state index in [-0.39, 0.29) is 5.56 Å². The van der Waals surface area contributed by atoms with Crippen molar-refractivity contribution in [2.45, 2.75) is 26.7 Å². The Kier molecular flexibility index (Phi) is 4.12. The molecular weight excluding hydrogens is 264 g/mol. The van der Waals surface area contributed by atoms with Crippen LogP contribution in [-0.2, 0) is 12.8 Å². The van der Waals surface area contributed by atoms with Crippen LogP contribution in [0.1, 0.15) is 35.6 Å². The molecule has 20 heavy (non-hydrogen) atoms. The maximum Gasteiger partial charge on any atom is 0.258 e. The Morgan fingerprint density at radius 2 is 2.05 bits per heavy atom. The van der Waals surface area contributed by atoms with Crippen LogP contribution in [0.2, 0.25) is 0 Å². The van der Waals surface area contributed by atoms with Crippen molar-refractivity contribution in [3.8, 4) is 0 Å². The molecule has 0 radical (unpaired) electrons. The number of nitrogens with zero attached hydrogens (tertiary/aromatic N) is 1. The van der Waals surface area contributed by atoms with Gasteiger partial charge in [-0.2, -0.15) is 5.10 Å². The largest absolute Gasteiger partial charge is 0.319 e. The standard InChI is InChI=1S/C14H15F2N3O/c1-3-11-13(12(4-2)19-18-11)17-14(20)9-6-5-8(15)7-10(9)16/h5-7H,3-4H2,1-2H3,(H,17,20)(H,18,19). The van der Waals surface area contributed by atoms with Gasteiger partial charge in [-0.3, -0.25) is 9.89 Å². The molecular formula is C14H15F2N3O. The predicted octanol–water partition coefficient (Wildman–Crippen LogP) is 3.07. The first-order chi connectivity index (χ1) is 9.56. The minimum Gasteiger partial charge on any atom is -0.319 e. The lowest BCUT2D eigenvalue weighted by Gasteiger charge is -2.07. The SMILES string of the molecule is CCc1n[nH]c(CC)c1NC(=O)c1ccc(F)cc1F. The van der Waals surface area contributed by atoms with E-state index < -0.39 is 17.5 Å². The second-order valence-corrected chi connectivity index (χ2v) is 4.31. The quantitative estimate of drug-likeness (QED) is 0.903. The van der Waals surface area contributed by atoms with E-state index in [1.807, 2.05) is 13.8 Å². The second-order valence-electron chi connectivity index (χ2n) is 4.31. The summed E-state index contributed by atoms with van der Waals surface area (Å²) >= 11 is 0. The molecule has 0 saturated carbocycles. The Bertz CT molecular complexity index is 616. The summed E-state index contributed by atoms with van der Waals surface area (Å²) in [5.41, 5.74) is 1.86. The summed E-state index contributed by atoms with van der Waals surface area (Å²) in [5, 5.41) is 9.57. The van der Waals surface area contributed by atoms with Crippen LogP contribution >= 0.6 is 0 Å². The molecule has 2 rings (SSSR count). The number of benzene rings is 1. The number of aromatic nitrogens is 2. The Hall–Kier alpha value is -2.24. The van der Waals surface area contributed by atoms with Gasteiger partial charge >= 0.3 is 0 Å². The van der Waals surface area contributed by atoms with Crippen molar-refractivity contribution in [2.24, 2.45) is 0 Å². The highest BCUT2D eigenvalue weighted by Crippen LogP contribution is 2.21. The number of halogens is 2. The summed E-state index contributed by atoms with van der Waals surface area (Å²) in [6.07, 6.45) is 1.30. The lowest BCUT2D eigenvalue weighted by atomic mass is 10.1. The zero-order valence-corrected chi connectivity index (χ0v) is 11.3. The lowest BCUT2D eigenvalue weighted by Crippen LogP contribution is -2.15. The van der Waals surface area contributed by atoms with Crippen molar-refractivity contribution in [2.75, 3.05) is 5.32 Å². The van der Waals surface area contributed by atoms with Gasteiger partial charge in [0, 0.05) is 6.07 Å². The predicted molar refractivity (Wildman–Crippen MR) is 71.7 cm³/mol. The summed E-state index contributed by atoms with van der Waals surface area (Å²) in [6.45, 7) is 3.82. The maximum atomic E-state index is 13.6.